The molecule has 0 aliphatic carbocycles. The molecule has 0 aromatic heterocycles. The standard InChI is InChI=1S/C17H25NO3/c1-2-18-12-14-3-5-15(6-4-14)21-16-7-9-20-17(11-16)8-10-19-13-17/h3-6,16,18H,2,7-13H2,1H3. The van der Waals surface area contributed by atoms with Crippen molar-refractivity contribution in [3.63, 3.8) is 0 Å². The van der Waals surface area contributed by atoms with Crippen LogP contribution in [0.2, 0.25) is 0 Å². The summed E-state index contributed by atoms with van der Waals surface area (Å²) in [5.41, 5.74) is 1.20. The second kappa shape index (κ2) is 6.77. The molecule has 1 N–H and O–H groups in total. The van der Waals surface area contributed by atoms with Gasteiger partial charge >= 0.3 is 0 Å². The van der Waals surface area contributed by atoms with Crippen molar-refractivity contribution in [1.82, 2.24) is 5.32 Å². The van der Waals surface area contributed by atoms with Crippen LogP contribution in [0.4, 0.5) is 0 Å². The minimum atomic E-state index is -0.0894. The van der Waals surface area contributed by atoms with Gasteiger partial charge in [-0.25, -0.2) is 0 Å². The maximum atomic E-state index is 6.15. The van der Waals surface area contributed by atoms with Gasteiger partial charge in [-0.2, -0.15) is 0 Å². The summed E-state index contributed by atoms with van der Waals surface area (Å²) in [6, 6.07) is 8.40. The Bertz CT molecular complexity index is 440. The summed E-state index contributed by atoms with van der Waals surface area (Å²) in [4.78, 5) is 0. The fourth-order valence-corrected chi connectivity index (χ4v) is 3.09. The highest BCUT2D eigenvalue weighted by Gasteiger charge is 2.41. The number of hydrogen-bond donors (Lipinski definition) is 1. The molecule has 0 bridgehead atoms. The van der Waals surface area contributed by atoms with E-state index in [4.69, 9.17) is 14.2 Å². The van der Waals surface area contributed by atoms with Gasteiger partial charge < -0.3 is 19.5 Å². The van der Waals surface area contributed by atoms with E-state index in [2.05, 4.69) is 36.5 Å². The minimum absolute atomic E-state index is 0.0894. The molecule has 2 atom stereocenters. The molecule has 3 rings (SSSR count). The summed E-state index contributed by atoms with van der Waals surface area (Å²) in [5.74, 6) is 0.955. The topological polar surface area (TPSA) is 39.7 Å². The third kappa shape index (κ3) is 3.76. The molecule has 4 nitrogen and oxygen atoms in total. The molecule has 0 radical (unpaired) electrons. The van der Waals surface area contributed by atoms with Crippen LogP contribution in [0.25, 0.3) is 0 Å². The van der Waals surface area contributed by atoms with Crippen LogP contribution >= 0.6 is 0 Å². The Morgan fingerprint density at radius 2 is 2.14 bits per heavy atom. The van der Waals surface area contributed by atoms with E-state index in [0.29, 0.717) is 6.61 Å². The van der Waals surface area contributed by atoms with E-state index in [9.17, 15) is 0 Å². The van der Waals surface area contributed by atoms with E-state index in [0.717, 1.165) is 51.3 Å². The highest BCUT2D eigenvalue weighted by Crippen LogP contribution is 2.34. The number of nitrogens with one attached hydrogen (secondary N) is 1. The molecule has 2 unspecified atom stereocenters. The number of benzene rings is 1. The molecule has 1 aromatic rings. The summed E-state index contributed by atoms with van der Waals surface area (Å²) in [7, 11) is 0. The van der Waals surface area contributed by atoms with Crippen molar-refractivity contribution < 1.29 is 14.2 Å². The van der Waals surface area contributed by atoms with E-state index in [1.54, 1.807) is 0 Å². The number of ether oxygens (including phenoxy) is 3. The molecule has 116 valence electrons. The van der Waals surface area contributed by atoms with Crippen molar-refractivity contribution in [2.75, 3.05) is 26.4 Å². The fourth-order valence-electron chi connectivity index (χ4n) is 3.09. The molecule has 2 saturated heterocycles. The molecule has 2 aliphatic heterocycles. The first-order valence-corrected chi connectivity index (χ1v) is 7.98. The zero-order chi connectivity index (χ0) is 14.5. The average molecular weight is 291 g/mol. The third-order valence-corrected chi connectivity index (χ3v) is 4.32. The SMILES string of the molecule is CCNCc1ccc(OC2CCOC3(CCOC3)C2)cc1. The summed E-state index contributed by atoms with van der Waals surface area (Å²) in [5, 5.41) is 3.33. The highest BCUT2D eigenvalue weighted by atomic mass is 16.6. The van der Waals surface area contributed by atoms with Crippen LogP contribution in [0.3, 0.4) is 0 Å². The van der Waals surface area contributed by atoms with Gasteiger partial charge in [0.2, 0.25) is 0 Å². The zero-order valence-corrected chi connectivity index (χ0v) is 12.8. The molecule has 0 saturated carbocycles. The maximum Gasteiger partial charge on any atom is 0.119 e. The molecule has 2 aliphatic rings. The van der Waals surface area contributed by atoms with Gasteiger partial charge in [-0.05, 0) is 24.2 Å². The van der Waals surface area contributed by atoms with Crippen LogP contribution in [-0.2, 0) is 16.0 Å². The average Bonchev–Trinajstić information content (AvgIpc) is 2.94. The summed E-state index contributed by atoms with van der Waals surface area (Å²) >= 11 is 0. The second-order valence-corrected chi connectivity index (χ2v) is 5.99. The third-order valence-electron chi connectivity index (χ3n) is 4.32. The molecule has 21 heavy (non-hydrogen) atoms. The number of hydrogen-bond acceptors (Lipinski definition) is 4. The van der Waals surface area contributed by atoms with Gasteiger partial charge in [0.15, 0.2) is 0 Å². The molecular formula is C17H25NO3. The smallest absolute Gasteiger partial charge is 0.119 e. The van der Waals surface area contributed by atoms with Crippen molar-refractivity contribution in [2.45, 2.75) is 44.4 Å². The Morgan fingerprint density at radius 3 is 2.86 bits per heavy atom. The Balaban J connectivity index is 1.55. The van der Waals surface area contributed by atoms with E-state index in [-0.39, 0.29) is 11.7 Å². The zero-order valence-electron chi connectivity index (χ0n) is 12.8. The van der Waals surface area contributed by atoms with Crippen molar-refractivity contribution in [2.24, 2.45) is 0 Å². The van der Waals surface area contributed by atoms with Crippen molar-refractivity contribution in [1.29, 1.82) is 0 Å². The Morgan fingerprint density at radius 1 is 1.29 bits per heavy atom. The monoisotopic (exact) mass is 291 g/mol. The van der Waals surface area contributed by atoms with Crippen LogP contribution in [-0.4, -0.2) is 38.1 Å². The van der Waals surface area contributed by atoms with Crippen LogP contribution in [0.15, 0.2) is 24.3 Å². The van der Waals surface area contributed by atoms with Crippen LogP contribution in [0, 0.1) is 0 Å². The van der Waals surface area contributed by atoms with Gasteiger partial charge in [0.25, 0.3) is 0 Å². The molecule has 1 spiro atoms. The lowest BCUT2D eigenvalue weighted by Gasteiger charge is -2.37. The van der Waals surface area contributed by atoms with Gasteiger partial charge in [-0.1, -0.05) is 19.1 Å². The maximum absolute atomic E-state index is 6.15. The Hall–Kier alpha value is -1.10. The first-order chi connectivity index (χ1) is 10.3. The fraction of sp³-hybridized carbons (Fsp3) is 0.647. The lowest BCUT2D eigenvalue weighted by Crippen LogP contribution is -2.44. The van der Waals surface area contributed by atoms with Gasteiger partial charge in [-0.3, -0.25) is 0 Å². The van der Waals surface area contributed by atoms with Crippen molar-refractivity contribution in [3.05, 3.63) is 29.8 Å². The summed E-state index contributed by atoms with van der Waals surface area (Å²) in [6.45, 7) is 6.32. The van der Waals surface area contributed by atoms with Gasteiger partial charge in [-0.15, -0.1) is 0 Å². The summed E-state index contributed by atoms with van der Waals surface area (Å²) in [6.07, 6.45) is 3.13. The minimum Gasteiger partial charge on any atom is -0.490 e. The first kappa shape index (κ1) is 14.8. The van der Waals surface area contributed by atoms with E-state index in [1.807, 2.05) is 0 Å². The van der Waals surface area contributed by atoms with Crippen LogP contribution in [0.5, 0.6) is 5.75 Å². The van der Waals surface area contributed by atoms with E-state index in [1.165, 1.54) is 5.56 Å². The first-order valence-electron chi connectivity index (χ1n) is 7.98. The van der Waals surface area contributed by atoms with Crippen LogP contribution < -0.4 is 10.1 Å². The molecule has 4 heteroatoms. The molecule has 2 fully saturated rings. The van der Waals surface area contributed by atoms with Gasteiger partial charge in [0.05, 0.1) is 18.8 Å². The molecule has 2 heterocycles. The van der Waals surface area contributed by atoms with Gasteiger partial charge in [0, 0.05) is 32.4 Å². The lowest BCUT2D eigenvalue weighted by molar-refractivity contribution is -0.112. The van der Waals surface area contributed by atoms with Gasteiger partial charge in [0.1, 0.15) is 11.9 Å². The van der Waals surface area contributed by atoms with Crippen molar-refractivity contribution >= 4 is 0 Å². The normalized spacial score (nSPS) is 28.9. The second-order valence-electron chi connectivity index (χ2n) is 5.99. The predicted molar refractivity (Wildman–Crippen MR) is 81.6 cm³/mol. The largest absolute Gasteiger partial charge is 0.490 e. The molecule has 1 aromatic carbocycles. The Labute approximate surface area is 126 Å². The summed E-state index contributed by atoms with van der Waals surface area (Å²) < 4.78 is 17.6. The predicted octanol–water partition coefficient (Wildman–Crippen LogP) is 2.51. The lowest BCUT2D eigenvalue weighted by atomic mass is 9.91. The quantitative estimate of drug-likeness (QED) is 0.905. The van der Waals surface area contributed by atoms with E-state index >= 15 is 0 Å². The van der Waals surface area contributed by atoms with E-state index < -0.39 is 0 Å². The number of rotatable bonds is 5. The Kier molecular flexibility index (Phi) is 4.78. The molecular weight excluding hydrogens is 266 g/mol. The van der Waals surface area contributed by atoms with Crippen LogP contribution in [0.1, 0.15) is 31.7 Å². The molecule has 0 amide bonds. The highest BCUT2D eigenvalue weighted by molar-refractivity contribution is 5.27. The van der Waals surface area contributed by atoms with Crippen molar-refractivity contribution in [3.8, 4) is 5.75 Å².